The molecule has 1 saturated carbocycles. The Hall–Kier alpha value is -1.97. The van der Waals surface area contributed by atoms with E-state index in [0.717, 1.165) is 24.2 Å². The third-order valence-corrected chi connectivity index (χ3v) is 3.84. The standard InChI is InChI=1S/C17H23N3O/c1-12(2)11-20-8-7-14-9-15(5-6-16(14)20)19-17(21)18-10-13-3-4-13/h5-9,12-13H,3-4,10-11H2,1-2H3,(H2,18,19,21). The molecule has 1 aromatic carbocycles. The molecule has 1 fully saturated rings. The lowest BCUT2D eigenvalue weighted by Gasteiger charge is -2.10. The van der Waals surface area contributed by atoms with Gasteiger partial charge < -0.3 is 15.2 Å². The van der Waals surface area contributed by atoms with Gasteiger partial charge >= 0.3 is 6.03 Å². The van der Waals surface area contributed by atoms with E-state index in [0.29, 0.717) is 11.8 Å². The minimum Gasteiger partial charge on any atom is -0.347 e. The van der Waals surface area contributed by atoms with Crippen molar-refractivity contribution in [3.63, 3.8) is 0 Å². The van der Waals surface area contributed by atoms with E-state index >= 15 is 0 Å². The maximum absolute atomic E-state index is 11.8. The normalized spacial score (nSPS) is 14.6. The van der Waals surface area contributed by atoms with E-state index in [2.05, 4.69) is 47.4 Å². The number of carbonyl (C=O) groups excluding carboxylic acids is 1. The summed E-state index contributed by atoms with van der Waals surface area (Å²) in [5.41, 5.74) is 2.06. The minimum absolute atomic E-state index is 0.108. The maximum atomic E-state index is 11.8. The van der Waals surface area contributed by atoms with Crippen LogP contribution >= 0.6 is 0 Å². The van der Waals surface area contributed by atoms with E-state index in [-0.39, 0.29) is 6.03 Å². The molecule has 4 nitrogen and oxygen atoms in total. The van der Waals surface area contributed by atoms with Gasteiger partial charge in [-0.25, -0.2) is 4.79 Å². The smallest absolute Gasteiger partial charge is 0.319 e. The van der Waals surface area contributed by atoms with Gasteiger partial charge in [0.25, 0.3) is 0 Å². The molecule has 2 amide bonds. The Morgan fingerprint density at radius 3 is 2.86 bits per heavy atom. The zero-order valence-corrected chi connectivity index (χ0v) is 12.7. The van der Waals surface area contributed by atoms with Gasteiger partial charge in [0.05, 0.1) is 0 Å². The summed E-state index contributed by atoms with van der Waals surface area (Å²) < 4.78 is 2.26. The zero-order valence-electron chi connectivity index (χ0n) is 12.7. The van der Waals surface area contributed by atoms with Crippen molar-refractivity contribution in [2.75, 3.05) is 11.9 Å². The molecule has 0 aliphatic heterocycles. The predicted molar refractivity (Wildman–Crippen MR) is 86.5 cm³/mol. The highest BCUT2D eigenvalue weighted by atomic mass is 16.2. The number of fused-ring (bicyclic) bond motifs is 1. The largest absolute Gasteiger partial charge is 0.347 e. The predicted octanol–water partition coefficient (Wildman–Crippen LogP) is 3.83. The number of nitrogens with one attached hydrogen (secondary N) is 2. The van der Waals surface area contributed by atoms with Gasteiger partial charge in [0.15, 0.2) is 0 Å². The SMILES string of the molecule is CC(C)Cn1ccc2cc(NC(=O)NCC3CC3)ccc21. The van der Waals surface area contributed by atoms with Crippen molar-refractivity contribution in [2.24, 2.45) is 11.8 Å². The van der Waals surface area contributed by atoms with Crippen LogP contribution in [0.2, 0.25) is 0 Å². The lowest BCUT2D eigenvalue weighted by molar-refractivity contribution is 0.251. The molecule has 2 N–H and O–H groups in total. The van der Waals surface area contributed by atoms with Crippen LogP contribution in [0.3, 0.4) is 0 Å². The number of nitrogens with zero attached hydrogens (tertiary/aromatic N) is 1. The van der Waals surface area contributed by atoms with Gasteiger partial charge in [-0.2, -0.15) is 0 Å². The van der Waals surface area contributed by atoms with E-state index in [9.17, 15) is 4.79 Å². The number of urea groups is 1. The summed E-state index contributed by atoms with van der Waals surface area (Å²) in [6.07, 6.45) is 4.60. The molecule has 0 atom stereocenters. The van der Waals surface area contributed by atoms with Crippen molar-refractivity contribution in [2.45, 2.75) is 33.2 Å². The molecule has 0 bridgehead atoms. The summed E-state index contributed by atoms with van der Waals surface area (Å²) >= 11 is 0. The van der Waals surface area contributed by atoms with Crippen molar-refractivity contribution in [1.82, 2.24) is 9.88 Å². The van der Waals surface area contributed by atoms with Gasteiger partial charge in [-0.15, -0.1) is 0 Å². The number of benzene rings is 1. The second-order valence-electron chi connectivity index (χ2n) is 6.41. The maximum Gasteiger partial charge on any atom is 0.319 e. The van der Waals surface area contributed by atoms with Crippen LogP contribution in [0.25, 0.3) is 10.9 Å². The van der Waals surface area contributed by atoms with E-state index in [1.165, 1.54) is 18.4 Å². The molecular weight excluding hydrogens is 262 g/mol. The Balaban J connectivity index is 1.67. The molecule has 0 saturated heterocycles. The Morgan fingerprint density at radius 2 is 2.14 bits per heavy atom. The minimum atomic E-state index is -0.108. The van der Waals surface area contributed by atoms with Crippen molar-refractivity contribution in [3.05, 3.63) is 30.5 Å². The lowest BCUT2D eigenvalue weighted by Crippen LogP contribution is -2.30. The summed E-state index contributed by atoms with van der Waals surface area (Å²) in [5.74, 6) is 1.31. The molecule has 21 heavy (non-hydrogen) atoms. The Bertz CT molecular complexity index is 641. The lowest BCUT2D eigenvalue weighted by atomic mass is 10.2. The highest BCUT2D eigenvalue weighted by Crippen LogP contribution is 2.27. The number of rotatable bonds is 5. The van der Waals surface area contributed by atoms with Crippen molar-refractivity contribution < 1.29 is 4.79 Å². The van der Waals surface area contributed by atoms with Crippen LogP contribution in [0.15, 0.2) is 30.5 Å². The van der Waals surface area contributed by atoms with E-state index in [1.807, 2.05) is 12.1 Å². The van der Waals surface area contributed by atoms with E-state index in [4.69, 9.17) is 0 Å². The monoisotopic (exact) mass is 285 g/mol. The number of aromatic nitrogens is 1. The van der Waals surface area contributed by atoms with Gasteiger partial charge in [0, 0.05) is 35.9 Å². The average Bonchev–Trinajstić information content (AvgIpc) is 3.19. The Labute approximate surface area is 125 Å². The molecule has 1 aliphatic carbocycles. The van der Waals surface area contributed by atoms with Crippen LogP contribution in [0.5, 0.6) is 0 Å². The number of hydrogen-bond acceptors (Lipinski definition) is 1. The van der Waals surface area contributed by atoms with Gasteiger partial charge in [0.1, 0.15) is 0 Å². The molecule has 3 rings (SSSR count). The Morgan fingerprint density at radius 1 is 1.33 bits per heavy atom. The van der Waals surface area contributed by atoms with Crippen molar-refractivity contribution in [3.8, 4) is 0 Å². The average molecular weight is 285 g/mol. The molecule has 0 unspecified atom stereocenters. The topological polar surface area (TPSA) is 46.1 Å². The van der Waals surface area contributed by atoms with Crippen LogP contribution in [0.1, 0.15) is 26.7 Å². The quantitative estimate of drug-likeness (QED) is 0.861. The fourth-order valence-corrected chi connectivity index (χ4v) is 2.56. The van der Waals surface area contributed by atoms with Gasteiger partial charge in [0.2, 0.25) is 0 Å². The Kier molecular flexibility index (Phi) is 3.86. The first-order valence-corrected chi connectivity index (χ1v) is 7.75. The first kappa shape index (κ1) is 14.0. The molecule has 1 aliphatic rings. The molecule has 0 spiro atoms. The summed E-state index contributed by atoms with van der Waals surface area (Å²) in [6.45, 7) is 6.23. The van der Waals surface area contributed by atoms with Gasteiger partial charge in [-0.1, -0.05) is 13.8 Å². The van der Waals surface area contributed by atoms with Crippen molar-refractivity contribution in [1.29, 1.82) is 0 Å². The number of amides is 2. The van der Waals surface area contributed by atoms with E-state index in [1.54, 1.807) is 0 Å². The summed E-state index contributed by atoms with van der Waals surface area (Å²) in [6, 6.07) is 8.07. The van der Waals surface area contributed by atoms with Crippen molar-refractivity contribution >= 4 is 22.6 Å². The first-order chi connectivity index (χ1) is 10.1. The van der Waals surface area contributed by atoms with Crippen LogP contribution in [0, 0.1) is 11.8 Å². The van der Waals surface area contributed by atoms with E-state index < -0.39 is 0 Å². The van der Waals surface area contributed by atoms with Crippen LogP contribution in [-0.2, 0) is 6.54 Å². The molecule has 1 aromatic heterocycles. The molecule has 1 heterocycles. The fraction of sp³-hybridized carbons (Fsp3) is 0.471. The second kappa shape index (κ2) is 5.80. The molecule has 2 aromatic rings. The van der Waals surface area contributed by atoms with Crippen LogP contribution < -0.4 is 10.6 Å². The fourth-order valence-electron chi connectivity index (χ4n) is 2.56. The zero-order chi connectivity index (χ0) is 14.8. The highest BCUT2D eigenvalue weighted by Gasteiger charge is 2.21. The number of carbonyl (C=O) groups is 1. The first-order valence-electron chi connectivity index (χ1n) is 7.75. The third-order valence-electron chi connectivity index (χ3n) is 3.84. The van der Waals surface area contributed by atoms with Crippen LogP contribution in [0.4, 0.5) is 10.5 Å². The van der Waals surface area contributed by atoms with Gasteiger partial charge in [-0.05, 0) is 48.9 Å². The van der Waals surface area contributed by atoms with Crippen LogP contribution in [-0.4, -0.2) is 17.1 Å². The number of hydrogen-bond donors (Lipinski definition) is 2. The molecular formula is C17H23N3O. The summed E-state index contributed by atoms with van der Waals surface area (Å²) in [7, 11) is 0. The molecule has 0 radical (unpaired) electrons. The van der Waals surface area contributed by atoms with Gasteiger partial charge in [-0.3, -0.25) is 0 Å². The molecule has 4 heteroatoms. The second-order valence-corrected chi connectivity index (χ2v) is 6.41. The number of anilines is 1. The molecule has 112 valence electrons. The highest BCUT2D eigenvalue weighted by molar-refractivity contribution is 5.92. The third kappa shape index (κ3) is 3.57. The summed E-state index contributed by atoms with van der Waals surface area (Å²) in [4.78, 5) is 11.8. The summed E-state index contributed by atoms with van der Waals surface area (Å²) in [5, 5.41) is 6.99.